The smallest absolute Gasteiger partial charge is 0.224 e. The molecule has 3 aromatic rings. The first-order valence-electron chi connectivity index (χ1n) is 16.8. The van der Waals surface area contributed by atoms with E-state index in [0.717, 1.165) is 61.8 Å². The van der Waals surface area contributed by atoms with Crippen LogP contribution >= 0.6 is 0 Å². The van der Waals surface area contributed by atoms with E-state index in [0.29, 0.717) is 42.9 Å². The predicted octanol–water partition coefficient (Wildman–Crippen LogP) is 5.68. The monoisotopic (exact) mass is 644 g/mol. The number of nitrogen functional groups attached to an aromatic ring is 1. The molecule has 5 rings (SSSR count). The quantitative estimate of drug-likeness (QED) is 0.105. The van der Waals surface area contributed by atoms with Gasteiger partial charge in [-0.25, -0.2) is 0 Å². The summed E-state index contributed by atoms with van der Waals surface area (Å²) in [5.41, 5.74) is 10.4. The van der Waals surface area contributed by atoms with Gasteiger partial charge in [0.2, 0.25) is 11.8 Å². The number of ether oxygens (including phenoxy) is 2. The number of carbonyl (C=O) groups excluding carboxylic acids is 2. The van der Waals surface area contributed by atoms with Crippen LogP contribution in [-0.4, -0.2) is 58.8 Å². The van der Waals surface area contributed by atoms with Gasteiger partial charge in [0, 0.05) is 43.1 Å². The van der Waals surface area contributed by atoms with E-state index in [2.05, 4.69) is 15.5 Å². The van der Waals surface area contributed by atoms with Crippen LogP contribution in [-0.2, 0) is 25.7 Å². The Balaban J connectivity index is 1.12. The minimum Gasteiger partial charge on any atom is -0.397 e. The van der Waals surface area contributed by atoms with Crippen molar-refractivity contribution in [1.29, 1.82) is 0 Å². The molecule has 0 saturated carbocycles. The van der Waals surface area contributed by atoms with Crippen molar-refractivity contribution in [2.45, 2.75) is 88.9 Å². The topological polar surface area (TPSA) is 146 Å². The van der Waals surface area contributed by atoms with Crippen molar-refractivity contribution in [1.82, 2.24) is 4.90 Å². The van der Waals surface area contributed by atoms with Gasteiger partial charge in [0.25, 0.3) is 0 Å². The summed E-state index contributed by atoms with van der Waals surface area (Å²) >= 11 is 0. The lowest BCUT2D eigenvalue weighted by molar-refractivity contribution is -0.253. The average Bonchev–Trinajstić information content (AvgIpc) is 3.54. The molecule has 2 saturated heterocycles. The van der Waals surface area contributed by atoms with Gasteiger partial charge in [-0.05, 0) is 67.6 Å². The average molecular weight is 645 g/mol. The van der Waals surface area contributed by atoms with Crippen LogP contribution in [0.3, 0.4) is 0 Å². The number of nitrogens with two attached hydrogens (primary N) is 1. The van der Waals surface area contributed by atoms with Gasteiger partial charge < -0.3 is 36.1 Å². The van der Waals surface area contributed by atoms with Crippen LogP contribution in [0.1, 0.15) is 86.9 Å². The maximum Gasteiger partial charge on any atom is 0.224 e. The molecule has 0 aromatic heterocycles. The number of nitrogens with one attached hydrogen (secondary N) is 2. The normalized spacial score (nSPS) is 21.4. The van der Waals surface area contributed by atoms with Crippen molar-refractivity contribution < 1.29 is 29.3 Å². The first-order valence-corrected chi connectivity index (χ1v) is 16.8. The van der Waals surface area contributed by atoms with Crippen LogP contribution in [0, 0.1) is 0 Å². The Morgan fingerprint density at radius 2 is 1.60 bits per heavy atom. The highest BCUT2D eigenvalue weighted by atomic mass is 16.7. The molecule has 2 aliphatic rings. The van der Waals surface area contributed by atoms with Gasteiger partial charge in [0.15, 0.2) is 6.29 Å². The second-order valence-electron chi connectivity index (χ2n) is 12.5. The molecule has 0 bridgehead atoms. The third-order valence-electron chi connectivity index (χ3n) is 9.00. The molecular weight excluding hydrogens is 596 g/mol. The Morgan fingerprint density at radius 1 is 0.851 bits per heavy atom. The fourth-order valence-electron chi connectivity index (χ4n) is 6.37. The van der Waals surface area contributed by atoms with E-state index in [-0.39, 0.29) is 43.3 Å². The third kappa shape index (κ3) is 10.1. The Bertz CT molecular complexity index is 1450. The number of aliphatic hydroxyl groups excluding tert-OH is 2. The Hall–Kier alpha value is -3.80. The molecule has 0 aliphatic carbocycles. The first-order chi connectivity index (χ1) is 22.9. The summed E-state index contributed by atoms with van der Waals surface area (Å²) in [4.78, 5) is 27.3. The number of hydrogen-bond donors (Lipinski definition) is 5. The molecule has 6 N–H and O–H groups in total. The van der Waals surface area contributed by atoms with Crippen LogP contribution < -0.4 is 16.4 Å². The maximum absolute atomic E-state index is 12.8. The highest BCUT2D eigenvalue weighted by Crippen LogP contribution is 2.39. The lowest BCUT2D eigenvalue weighted by Gasteiger charge is -2.38. The number of hydrogen-bond acceptors (Lipinski definition) is 8. The SMILES string of the molecule is Nc1ccccc1NC(=O)CCCCCCC(=O)Nc1cccc([C@H]2O[C@@H](CN3CCC[C@H]3CO)C[C@@H](c3ccc(CO)cc3)O2)c1. The molecule has 2 aliphatic heterocycles. The van der Waals surface area contributed by atoms with E-state index in [1.807, 2.05) is 60.7 Å². The zero-order valence-corrected chi connectivity index (χ0v) is 27.0. The standard InChI is InChI=1S/C37H48N4O6/c38-32-12-5-6-13-33(32)40-36(45)15-4-2-1-3-14-35(44)39-29-10-7-9-28(21-29)37-46-31(23-41-20-8-11-30(41)25-43)22-34(47-37)27-18-16-26(24-42)17-19-27/h5-7,9-10,12-13,16-19,21,30-31,34,37,42-43H,1-4,8,11,14-15,20,22-25,38H2,(H,39,44)(H,40,45)/t30-,31+,34-,37-/m0/s1. The predicted molar refractivity (Wildman–Crippen MR) is 182 cm³/mol. The zero-order valence-electron chi connectivity index (χ0n) is 27.0. The largest absolute Gasteiger partial charge is 0.397 e. The summed E-state index contributed by atoms with van der Waals surface area (Å²) in [6.07, 6.45) is 5.78. The van der Waals surface area contributed by atoms with Crippen molar-refractivity contribution in [3.8, 4) is 0 Å². The van der Waals surface area contributed by atoms with Crippen molar-refractivity contribution >= 4 is 28.9 Å². The highest BCUT2D eigenvalue weighted by Gasteiger charge is 2.35. The minimum absolute atomic E-state index is 0.0135. The van der Waals surface area contributed by atoms with E-state index in [9.17, 15) is 19.8 Å². The number of benzene rings is 3. The molecule has 10 nitrogen and oxygen atoms in total. The van der Waals surface area contributed by atoms with Gasteiger partial charge >= 0.3 is 0 Å². The van der Waals surface area contributed by atoms with Gasteiger partial charge in [-0.2, -0.15) is 0 Å². The number of unbranched alkanes of at least 4 members (excludes halogenated alkanes) is 3. The van der Waals surface area contributed by atoms with E-state index in [4.69, 9.17) is 15.2 Å². The molecule has 0 spiro atoms. The van der Waals surface area contributed by atoms with Crippen molar-refractivity contribution in [2.24, 2.45) is 0 Å². The Labute approximate surface area is 277 Å². The first kappa shape index (κ1) is 34.5. The number of likely N-dealkylation sites (tertiary alicyclic amines) is 1. The van der Waals surface area contributed by atoms with Crippen LogP contribution in [0.4, 0.5) is 17.1 Å². The summed E-state index contributed by atoms with van der Waals surface area (Å²) in [7, 11) is 0. The van der Waals surface area contributed by atoms with Crippen LogP contribution in [0.15, 0.2) is 72.8 Å². The minimum atomic E-state index is -0.626. The third-order valence-corrected chi connectivity index (χ3v) is 9.00. The number of amides is 2. The molecular formula is C37H48N4O6. The van der Waals surface area contributed by atoms with E-state index in [1.54, 1.807) is 12.1 Å². The Morgan fingerprint density at radius 3 is 2.32 bits per heavy atom. The van der Waals surface area contributed by atoms with Gasteiger partial charge in [0.1, 0.15) is 0 Å². The Kier molecular flexibility index (Phi) is 12.8. The summed E-state index contributed by atoms with van der Waals surface area (Å²) in [5, 5.41) is 25.2. The van der Waals surface area contributed by atoms with E-state index >= 15 is 0 Å². The van der Waals surface area contributed by atoms with E-state index < -0.39 is 6.29 Å². The number of para-hydroxylation sites is 2. The molecule has 2 heterocycles. The molecule has 2 amide bonds. The molecule has 4 atom stereocenters. The lowest BCUT2D eigenvalue weighted by Crippen LogP contribution is -2.42. The molecule has 0 unspecified atom stereocenters. The fourth-order valence-corrected chi connectivity index (χ4v) is 6.37. The van der Waals surface area contributed by atoms with Crippen molar-refractivity contribution in [3.05, 3.63) is 89.5 Å². The van der Waals surface area contributed by atoms with Crippen molar-refractivity contribution in [3.63, 3.8) is 0 Å². The number of rotatable bonds is 15. The summed E-state index contributed by atoms with van der Waals surface area (Å²) in [6, 6.07) is 22.8. The molecule has 3 aromatic carbocycles. The molecule has 2 fully saturated rings. The fraction of sp³-hybridized carbons (Fsp3) is 0.459. The highest BCUT2D eigenvalue weighted by molar-refractivity contribution is 5.93. The molecule has 252 valence electrons. The van der Waals surface area contributed by atoms with Gasteiger partial charge in [-0.1, -0.05) is 61.4 Å². The summed E-state index contributed by atoms with van der Waals surface area (Å²) < 4.78 is 13.0. The van der Waals surface area contributed by atoms with Crippen molar-refractivity contribution in [2.75, 3.05) is 36.1 Å². The number of anilines is 3. The maximum atomic E-state index is 12.8. The lowest BCUT2D eigenvalue weighted by atomic mass is 9.99. The van der Waals surface area contributed by atoms with E-state index in [1.165, 1.54) is 0 Å². The number of carbonyl (C=O) groups is 2. The van der Waals surface area contributed by atoms with Crippen LogP contribution in [0.5, 0.6) is 0 Å². The number of nitrogens with zero attached hydrogens (tertiary/aromatic N) is 1. The van der Waals surface area contributed by atoms with Crippen LogP contribution in [0.25, 0.3) is 0 Å². The van der Waals surface area contributed by atoms with Gasteiger partial charge in [-0.15, -0.1) is 0 Å². The second-order valence-corrected chi connectivity index (χ2v) is 12.5. The summed E-state index contributed by atoms with van der Waals surface area (Å²) in [5.74, 6) is -0.122. The van der Waals surface area contributed by atoms with Gasteiger partial charge in [0.05, 0.1) is 36.8 Å². The second kappa shape index (κ2) is 17.4. The van der Waals surface area contributed by atoms with Gasteiger partial charge in [-0.3, -0.25) is 14.5 Å². The van der Waals surface area contributed by atoms with Crippen LogP contribution in [0.2, 0.25) is 0 Å². The molecule has 10 heteroatoms. The summed E-state index contributed by atoms with van der Waals surface area (Å²) in [6.45, 7) is 1.77. The number of aliphatic hydroxyl groups is 2. The molecule has 47 heavy (non-hydrogen) atoms. The molecule has 0 radical (unpaired) electrons. The zero-order chi connectivity index (χ0) is 33.0.